The first kappa shape index (κ1) is 13.7. The number of aryl methyl sites for hydroxylation is 2. The highest BCUT2D eigenvalue weighted by atomic mass is 32.1. The molecule has 0 aromatic carbocycles. The van der Waals surface area contributed by atoms with Crippen LogP contribution in [0, 0.1) is 13.8 Å². The zero-order valence-electron chi connectivity index (χ0n) is 12.0. The molecule has 3 aromatic heterocycles. The lowest BCUT2D eigenvalue weighted by molar-refractivity contribution is 0.702. The standard InChI is InChI=1S/C14H15N5OS/c1-8-9(2)21-14-12(8)13(15-3)17-10(18-14)6-19-7-16-5-4-11(19)20/h4-5,7H,6H2,1-3H3,(H,15,17,18). The van der Waals surface area contributed by atoms with Gasteiger partial charge in [0.15, 0.2) is 5.82 Å². The number of hydrogen-bond donors (Lipinski definition) is 1. The minimum atomic E-state index is -0.113. The Morgan fingerprint density at radius 1 is 1.33 bits per heavy atom. The van der Waals surface area contributed by atoms with Crippen molar-refractivity contribution >= 4 is 27.4 Å². The van der Waals surface area contributed by atoms with Gasteiger partial charge in [0, 0.05) is 24.2 Å². The van der Waals surface area contributed by atoms with Gasteiger partial charge in [0.25, 0.3) is 5.56 Å². The second-order valence-corrected chi connectivity index (χ2v) is 5.95. The predicted molar refractivity (Wildman–Crippen MR) is 84.0 cm³/mol. The first-order valence-electron chi connectivity index (χ1n) is 6.55. The normalized spacial score (nSPS) is 11.0. The molecule has 0 aliphatic carbocycles. The molecule has 1 N–H and O–H groups in total. The van der Waals surface area contributed by atoms with Crippen molar-refractivity contribution in [2.75, 3.05) is 12.4 Å². The van der Waals surface area contributed by atoms with Crippen molar-refractivity contribution in [1.29, 1.82) is 0 Å². The van der Waals surface area contributed by atoms with E-state index in [1.807, 2.05) is 7.05 Å². The fourth-order valence-electron chi connectivity index (χ4n) is 2.19. The van der Waals surface area contributed by atoms with E-state index in [1.54, 1.807) is 11.3 Å². The molecule has 0 atom stereocenters. The summed E-state index contributed by atoms with van der Waals surface area (Å²) < 4.78 is 1.49. The zero-order valence-corrected chi connectivity index (χ0v) is 12.9. The molecule has 0 aliphatic rings. The molecule has 0 saturated heterocycles. The molecule has 3 rings (SSSR count). The second kappa shape index (κ2) is 5.25. The van der Waals surface area contributed by atoms with E-state index in [4.69, 9.17) is 0 Å². The average molecular weight is 301 g/mol. The fraction of sp³-hybridized carbons (Fsp3) is 0.286. The smallest absolute Gasteiger partial charge is 0.253 e. The van der Waals surface area contributed by atoms with Gasteiger partial charge in [0.1, 0.15) is 10.6 Å². The third-order valence-electron chi connectivity index (χ3n) is 3.42. The fourth-order valence-corrected chi connectivity index (χ4v) is 3.24. The van der Waals surface area contributed by atoms with Crippen molar-refractivity contribution in [3.63, 3.8) is 0 Å². The summed E-state index contributed by atoms with van der Waals surface area (Å²) in [5.41, 5.74) is 1.09. The van der Waals surface area contributed by atoms with Gasteiger partial charge in [0.2, 0.25) is 0 Å². The van der Waals surface area contributed by atoms with Crippen LogP contribution in [0.1, 0.15) is 16.3 Å². The van der Waals surface area contributed by atoms with Crippen molar-refractivity contribution in [2.45, 2.75) is 20.4 Å². The van der Waals surface area contributed by atoms with Gasteiger partial charge < -0.3 is 5.32 Å². The van der Waals surface area contributed by atoms with Crippen LogP contribution in [0.25, 0.3) is 10.2 Å². The number of anilines is 1. The third kappa shape index (κ3) is 2.40. The van der Waals surface area contributed by atoms with Crippen molar-refractivity contribution in [2.24, 2.45) is 0 Å². The maximum absolute atomic E-state index is 11.8. The van der Waals surface area contributed by atoms with E-state index >= 15 is 0 Å². The lowest BCUT2D eigenvalue weighted by Crippen LogP contribution is -2.20. The number of nitrogens with zero attached hydrogens (tertiary/aromatic N) is 4. The van der Waals surface area contributed by atoms with Crippen LogP contribution in [0.15, 0.2) is 23.4 Å². The van der Waals surface area contributed by atoms with E-state index < -0.39 is 0 Å². The van der Waals surface area contributed by atoms with Gasteiger partial charge in [0.05, 0.1) is 18.3 Å². The summed E-state index contributed by atoms with van der Waals surface area (Å²) >= 11 is 1.64. The van der Waals surface area contributed by atoms with Crippen molar-refractivity contribution < 1.29 is 0 Å². The molecular weight excluding hydrogens is 286 g/mol. The van der Waals surface area contributed by atoms with Gasteiger partial charge >= 0.3 is 0 Å². The Kier molecular flexibility index (Phi) is 3.42. The summed E-state index contributed by atoms with van der Waals surface area (Å²) in [6.45, 7) is 4.46. The van der Waals surface area contributed by atoms with Crippen LogP contribution < -0.4 is 10.9 Å². The number of rotatable bonds is 3. The van der Waals surface area contributed by atoms with Crippen LogP contribution in [-0.2, 0) is 6.54 Å². The van der Waals surface area contributed by atoms with E-state index in [9.17, 15) is 4.79 Å². The summed E-state index contributed by atoms with van der Waals surface area (Å²) in [6, 6.07) is 1.43. The molecule has 0 aliphatic heterocycles. The second-order valence-electron chi connectivity index (χ2n) is 4.75. The van der Waals surface area contributed by atoms with Crippen LogP contribution in [0.3, 0.4) is 0 Å². The number of nitrogens with one attached hydrogen (secondary N) is 1. The first-order valence-corrected chi connectivity index (χ1v) is 7.36. The van der Waals surface area contributed by atoms with Crippen LogP contribution in [-0.4, -0.2) is 26.6 Å². The molecule has 0 spiro atoms. The van der Waals surface area contributed by atoms with Gasteiger partial charge in [-0.2, -0.15) is 0 Å². The summed E-state index contributed by atoms with van der Waals surface area (Å²) in [6.07, 6.45) is 2.98. The Labute approximate surface area is 125 Å². The summed E-state index contributed by atoms with van der Waals surface area (Å²) in [5.74, 6) is 1.40. The number of aromatic nitrogens is 4. The maximum atomic E-state index is 11.8. The van der Waals surface area contributed by atoms with E-state index in [2.05, 4.69) is 34.1 Å². The zero-order chi connectivity index (χ0) is 15.0. The Bertz CT molecular complexity index is 867. The summed E-state index contributed by atoms with van der Waals surface area (Å²) in [7, 11) is 1.84. The molecule has 3 heterocycles. The summed E-state index contributed by atoms with van der Waals surface area (Å²) in [5, 5.41) is 4.18. The molecule has 0 bridgehead atoms. The minimum absolute atomic E-state index is 0.113. The van der Waals surface area contributed by atoms with Crippen molar-refractivity contribution in [3.8, 4) is 0 Å². The van der Waals surface area contributed by atoms with E-state index in [0.717, 1.165) is 16.0 Å². The lowest BCUT2D eigenvalue weighted by Gasteiger charge is -2.07. The maximum Gasteiger partial charge on any atom is 0.253 e. The van der Waals surface area contributed by atoms with Gasteiger partial charge in [-0.05, 0) is 19.4 Å². The predicted octanol–water partition coefficient (Wildman–Crippen LogP) is 1.95. The molecule has 0 saturated carbocycles. The number of thiophene rings is 1. The molecule has 3 aromatic rings. The van der Waals surface area contributed by atoms with Gasteiger partial charge in [-0.15, -0.1) is 11.3 Å². The molecule has 108 valence electrons. The highest BCUT2D eigenvalue weighted by Gasteiger charge is 2.14. The van der Waals surface area contributed by atoms with Gasteiger partial charge in [-0.1, -0.05) is 0 Å². The highest BCUT2D eigenvalue weighted by Crippen LogP contribution is 2.32. The van der Waals surface area contributed by atoms with E-state index in [-0.39, 0.29) is 5.56 Å². The van der Waals surface area contributed by atoms with E-state index in [1.165, 1.54) is 33.6 Å². The quantitative estimate of drug-likeness (QED) is 0.800. The number of hydrogen-bond acceptors (Lipinski definition) is 6. The summed E-state index contributed by atoms with van der Waals surface area (Å²) in [4.78, 5) is 27.0. The Balaban J connectivity index is 2.12. The van der Waals surface area contributed by atoms with Crippen molar-refractivity contribution in [1.82, 2.24) is 19.5 Å². The molecule has 0 amide bonds. The monoisotopic (exact) mass is 301 g/mol. The molecule has 21 heavy (non-hydrogen) atoms. The van der Waals surface area contributed by atoms with Crippen LogP contribution >= 0.6 is 11.3 Å². The average Bonchev–Trinajstić information content (AvgIpc) is 2.76. The Morgan fingerprint density at radius 2 is 2.14 bits per heavy atom. The van der Waals surface area contributed by atoms with Crippen LogP contribution in [0.5, 0.6) is 0 Å². The topological polar surface area (TPSA) is 72.7 Å². The minimum Gasteiger partial charge on any atom is -0.372 e. The van der Waals surface area contributed by atoms with Gasteiger partial charge in [-0.3, -0.25) is 9.36 Å². The Hall–Kier alpha value is -2.28. The SMILES string of the molecule is CNc1nc(Cn2cnccc2=O)nc2sc(C)c(C)c12. The molecular formula is C14H15N5OS. The molecule has 0 fully saturated rings. The van der Waals surface area contributed by atoms with Crippen LogP contribution in [0.2, 0.25) is 0 Å². The van der Waals surface area contributed by atoms with Gasteiger partial charge in [-0.25, -0.2) is 15.0 Å². The third-order valence-corrected chi connectivity index (χ3v) is 4.52. The number of fused-ring (bicyclic) bond motifs is 1. The van der Waals surface area contributed by atoms with Crippen LogP contribution in [0.4, 0.5) is 5.82 Å². The Morgan fingerprint density at radius 3 is 2.86 bits per heavy atom. The molecule has 0 unspecified atom stereocenters. The molecule has 0 radical (unpaired) electrons. The van der Waals surface area contributed by atoms with E-state index in [0.29, 0.717) is 12.4 Å². The van der Waals surface area contributed by atoms with Crippen molar-refractivity contribution in [3.05, 3.63) is 45.2 Å². The largest absolute Gasteiger partial charge is 0.372 e. The highest BCUT2D eigenvalue weighted by molar-refractivity contribution is 7.18. The molecule has 7 heteroatoms. The lowest BCUT2D eigenvalue weighted by atomic mass is 10.2. The molecule has 6 nitrogen and oxygen atoms in total. The first-order chi connectivity index (χ1) is 10.1.